The van der Waals surface area contributed by atoms with Gasteiger partial charge in [-0.25, -0.2) is 9.97 Å². The lowest BCUT2D eigenvalue weighted by atomic mass is 9.86. The first-order valence-electron chi connectivity index (χ1n) is 11.8. The molecule has 0 aliphatic carbocycles. The van der Waals surface area contributed by atoms with Crippen LogP contribution < -0.4 is 5.32 Å². The average molecular weight is 464 g/mol. The number of hydrogen-bond acceptors (Lipinski definition) is 5. The second-order valence-corrected chi connectivity index (χ2v) is 9.48. The van der Waals surface area contributed by atoms with Crippen molar-refractivity contribution in [2.24, 2.45) is 5.92 Å². The van der Waals surface area contributed by atoms with Crippen molar-refractivity contribution in [3.05, 3.63) is 30.0 Å². The van der Waals surface area contributed by atoms with Crippen molar-refractivity contribution < 1.29 is 18.0 Å². The highest BCUT2D eigenvalue weighted by Crippen LogP contribution is 2.32. The number of benzene rings is 1. The Hall–Kier alpha value is -2.42. The van der Waals surface area contributed by atoms with Gasteiger partial charge in [0.25, 0.3) is 0 Å². The zero-order chi connectivity index (χ0) is 23.8. The molecule has 3 heterocycles. The fourth-order valence-electron chi connectivity index (χ4n) is 5.18. The Morgan fingerprint density at radius 1 is 1.21 bits per heavy atom. The number of aromatic nitrogens is 2. The Balaban J connectivity index is 1.45. The lowest BCUT2D eigenvalue weighted by Crippen LogP contribution is -2.53. The second-order valence-electron chi connectivity index (χ2n) is 9.48. The summed E-state index contributed by atoms with van der Waals surface area (Å²) in [4.78, 5) is 26.3. The van der Waals surface area contributed by atoms with Gasteiger partial charge in [0.1, 0.15) is 6.04 Å². The highest BCUT2D eigenvalue weighted by molar-refractivity contribution is 5.87. The summed E-state index contributed by atoms with van der Waals surface area (Å²) >= 11 is 0. The molecule has 6 nitrogen and oxygen atoms in total. The summed E-state index contributed by atoms with van der Waals surface area (Å²) in [6.45, 7) is 9.35. The molecule has 0 radical (unpaired) electrons. The minimum absolute atomic E-state index is 0.0650. The number of hydrogen-bond donors (Lipinski definition) is 1. The third-order valence-corrected chi connectivity index (χ3v) is 6.97. The SMILES string of the molecule is CCC[C@H]1CN(C(C)C)CC[C@@H]1N1CC[C@H](Nc2ncc3cc(C(F)(F)F)ccc3n2)C1=O. The molecule has 3 atom stereocenters. The summed E-state index contributed by atoms with van der Waals surface area (Å²) in [7, 11) is 0. The molecule has 0 saturated carbocycles. The summed E-state index contributed by atoms with van der Waals surface area (Å²) < 4.78 is 38.8. The number of nitrogens with one attached hydrogen (secondary N) is 1. The fraction of sp³-hybridized carbons (Fsp3) is 0.625. The third kappa shape index (κ3) is 5.08. The molecule has 2 aromatic rings. The molecule has 0 spiro atoms. The van der Waals surface area contributed by atoms with Crippen molar-refractivity contribution in [2.75, 3.05) is 25.0 Å². The molecule has 0 bridgehead atoms. The Kier molecular flexibility index (Phi) is 6.79. The van der Waals surface area contributed by atoms with Gasteiger partial charge in [-0.05, 0) is 57.2 Å². The molecule has 1 N–H and O–H groups in total. The molecule has 2 fully saturated rings. The van der Waals surface area contributed by atoms with Gasteiger partial charge in [0, 0.05) is 43.3 Å². The molecule has 33 heavy (non-hydrogen) atoms. The smallest absolute Gasteiger partial charge is 0.342 e. The van der Waals surface area contributed by atoms with E-state index in [-0.39, 0.29) is 17.9 Å². The van der Waals surface area contributed by atoms with Gasteiger partial charge in [-0.3, -0.25) is 4.79 Å². The van der Waals surface area contributed by atoms with Gasteiger partial charge in [-0.2, -0.15) is 13.2 Å². The minimum Gasteiger partial charge on any atom is -0.342 e. The Morgan fingerprint density at radius 2 is 2.00 bits per heavy atom. The van der Waals surface area contributed by atoms with Crippen molar-refractivity contribution in [1.82, 2.24) is 19.8 Å². The van der Waals surface area contributed by atoms with Crippen molar-refractivity contribution in [3.63, 3.8) is 0 Å². The molecule has 4 rings (SSSR count). The first kappa shape index (κ1) is 23.7. The van der Waals surface area contributed by atoms with Gasteiger partial charge in [0.15, 0.2) is 0 Å². The van der Waals surface area contributed by atoms with E-state index in [1.54, 1.807) is 0 Å². The van der Waals surface area contributed by atoms with Crippen LogP contribution >= 0.6 is 0 Å². The molecule has 1 aromatic carbocycles. The van der Waals surface area contributed by atoms with Crippen molar-refractivity contribution >= 4 is 22.8 Å². The van der Waals surface area contributed by atoms with Crippen LogP contribution in [-0.2, 0) is 11.0 Å². The van der Waals surface area contributed by atoms with Gasteiger partial charge in [0.2, 0.25) is 11.9 Å². The van der Waals surface area contributed by atoms with Gasteiger partial charge in [-0.1, -0.05) is 13.3 Å². The quantitative estimate of drug-likeness (QED) is 0.681. The Morgan fingerprint density at radius 3 is 2.70 bits per heavy atom. The summed E-state index contributed by atoms with van der Waals surface area (Å²) in [6.07, 6.45) is 0.800. The number of carbonyl (C=O) groups excluding carboxylic acids is 1. The van der Waals surface area contributed by atoms with Crippen LogP contribution in [0.25, 0.3) is 10.9 Å². The summed E-state index contributed by atoms with van der Waals surface area (Å²) in [6, 6.07) is 3.73. The van der Waals surface area contributed by atoms with Crippen molar-refractivity contribution in [1.29, 1.82) is 0 Å². The monoisotopic (exact) mass is 463 g/mol. The van der Waals surface area contributed by atoms with Crippen LogP contribution in [0.1, 0.15) is 52.0 Å². The number of likely N-dealkylation sites (tertiary alicyclic amines) is 2. The van der Waals surface area contributed by atoms with Gasteiger partial charge < -0.3 is 15.1 Å². The lowest BCUT2D eigenvalue weighted by Gasteiger charge is -2.44. The molecule has 9 heteroatoms. The zero-order valence-corrected chi connectivity index (χ0v) is 19.4. The highest BCUT2D eigenvalue weighted by atomic mass is 19.4. The molecular weight excluding hydrogens is 431 g/mol. The predicted octanol–water partition coefficient (Wildman–Crippen LogP) is 4.56. The highest BCUT2D eigenvalue weighted by Gasteiger charge is 2.41. The number of nitrogens with zero attached hydrogens (tertiary/aromatic N) is 4. The molecular formula is C24H32F3N5O. The van der Waals surface area contributed by atoms with Crippen LogP contribution in [0.4, 0.5) is 19.1 Å². The van der Waals surface area contributed by atoms with Gasteiger partial charge in [-0.15, -0.1) is 0 Å². The average Bonchev–Trinajstić information content (AvgIpc) is 3.12. The first-order valence-corrected chi connectivity index (χ1v) is 11.8. The van der Waals surface area contributed by atoms with Crippen LogP contribution in [0.5, 0.6) is 0 Å². The topological polar surface area (TPSA) is 61.4 Å². The maximum absolute atomic E-state index is 13.3. The van der Waals surface area contributed by atoms with E-state index in [1.807, 2.05) is 4.90 Å². The van der Waals surface area contributed by atoms with E-state index in [0.29, 0.717) is 35.8 Å². The molecule has 1 aromatic heterocycles. The van der Waals surface area contributed by atoms with E-state index in [4.69, 9.17) is 0 Å². The Bertz CT molecular complexity index is 996. The number of fused-ring (bicyclic) bond motifs is 1. The van der Waals surface area contributed by atoms with Crippen LogP contribution in [-0.4, -0.2) is 63.4 Å². The number of carbonyl (C=O) groups is 1. The van der Waals surface area contributed by atoms with Crippen LogP contribution in [0.2, 0.25) is 0 Å². The second kappa shape index (κ2) is 9.44. The van der Waals surface area contributed by atoms with Gasteiger partial charge in [0.05, 0.1) is 11.1 Å². The van der Waals surface area contributed by atoms with E-state index in [0.717, 1.165) is 44.5 Å². The standard InChI is InChI=1S/C24H32F3N5O/c1-4-5-16-14-31(15(2)3)10-9-21(16)32-11-8-20(22(32)33)30-23-28-13-17-12-18(24(25,26)27)6-7-19(17)29-23/h6-7,12-13,15-16,20-21H,4-5,8-11,14H2,1-3H3,(H,28,29,30)/t16-,20-,21-/m0/s1. The maximum Gasteiger partial charge on any atom is 0.416 e. The largest absolute Gasteiger partial charge is 0.416 e. The number of piperidine rings is 1. The maximum atomic E-state index is 13.3. The Labute approximate surface area is 192 Å². The predicted molar refractivity (Wildman–Crippen MR) is 122 cm³/mol. The molecule has 2 aliphatic rings. The fourth-order valence-corrected chi connectivity index (χ4v) is 5.18. The summed E-state index contributed by atoms with van der Waals surface area (Å²) in [5, 5.41) is 3.44. The molecule has 2 aliphatic heterocycles. The number of alkyl halides is 3. The minimum atomic E-state index is -4.41. The van der Waals surface area contributed by atoms with Crippen LogP contribution in [0.3, 0.4) is 0 Å². The zero-order valence-electron chi connectivity index (χ0n) is 19.4. The first-order chi connectivity index (χ1) is 15.7. The van der Waals surface area contributed by atoms with E-state index in [1.165, 1.54) is 12.3 Å². The molecule has 1 amide bonds. The normalized spacial score (nSPS) is 24.8. The van der Waals surface area contributed by atoms with E-state index >= 15 is 0 Å². The lowest BCUT2D eigenvalue weighted by molar-refractivity contribution is -0.137. The molecule has 2 saturated heterocycles. The summed E-state index contributed by atoms with van der Waals surface area (Å²) in [5.41, 5.74) is -0.321. The van der Waals surface area contributed by atoms with E-state index in [9.17, 15) is 18.0 Å². The van der Waals surface area contributed by atoms with Gasteiger partial charge >= 0.3 is 6.18 Å². The third-order valence-electron chi connectivity index (χ3n) is 6.97. The van der Waals surface area contributed by atoms with Crippen LogP contribution in [0.15, 0.2) is 24.4 Å². The number of amides is 1. The van der Waals surface area contributed by atoms with Crippen LogP contribution in [0, 0.1) is 5.92 Å². The molecule has 0 unspecified atom stereocenters. The number of anilines is 1. The molecule has 180 valence electrons. The van der Waals surface area contributed by atoms with Crippen molar-refractivity contribution in [3.8, 4) is 0 Å². The van der Waals surface area contributed by atoms with Crippen molar-refractivity contribution in [2.45, 2.75) is 70.8 Å². The van der Waals surface area contributed by atoms with E-state index < -0.39 is 17.8 Å². The van der Waals surface area contributed by atoms with E-state index in [2.05, 4.69) is 41.0 Å². The summed E-state index contributed by atoms with van der Waals surface area (Å²) in [5.74, 6) is 0.797. The number of rotatable bonds is 6. The number of halogens is 3.